The van der Waals surface area contributed by atoms with Crippen LogP contribution >= 0.6 is 0 Å². The van der Waals surface area contributed by atoms with Gasteiger partial charge in [-0.1, -0.05) is 26.2 Å². The van der Waals surface area contributed by atoms with Crippen molar-refractivity contribution in [3.8, 4) is 0 Å². The van der Waals surface area contributed by atoms with E-state index in [4.69, 9.17) is 0 Å². The molecule has 2 N–H and O–H groups in total. The molecule has 1 fully saturated rings. The molecule has 0 aromatic carbocycles. The lowest BCUT2D eigenvalue weighted by Crippen LogP contribution is -2.38. The van der Waals surface area contributed by atoms with E-state index in [1.807, 2.05) is 26.1 Å². The van der Waals surface area contributed by atoms with Crippen molar-refractivity contribution in [2.24, 2.45) is 5.92 Å². The van der Waals surface area contributed by atoms with E-state index < -0.39 is 0 Å². The minimum atomic E-state index is 0.0220. The van der Waals surface area contributed by atoms with Crippen LogP contribution in [-0.2, 0) is 0 Å². The van der Waals surface area contributed by atoms with Gasteiger partial charge in [0.25, 0.3) is 5.91 Å². The highest BCUT2D eigenvalue weighted by Crippen LogP contribution is 2.26. The van der Waals surface area contributed by atoms with E-state index in [2.05, 4.69) is 22.5 Å². The SMILES string of the molecule is CCC1CCCC(NC(=O)c2cc(C)nc(NC)c2)C1. The standard InChI is InChI=1S/C16H25N3O/c1-4-12-6-5-7-14(9-12)19-16(20)13-8-11(2)18-15(10-13)17-3/h8,10,12,14H,4-7,9H2,1-3H3,(H,17,18)(H,19,20). The third kappa shape index (κ3) is 3.71. The molecule has 1 heterocycles. The van der Waals surface area contributed by atoms with E-state index in [0.717, 1.165) is 30.3 Å². The Morgan fingerprint density at radius 1 is 1.40 bits per heavy atom. The number of hydrogen-bond donors (Lipinski definition) is 2. The summed E-state index contributed by atoms with van der Waals surface area (Å²) in [4.78, 5) is 16.7. The second-order valence-electron chi connectivity index (χ2n) is 5.74. The van der Waals surface area contributed by atoms with Gasteiger partial charge in [0.05, 0.1) is 0 Å². The summed E-state index contributed by atoms with van der Waals surface area (Å²) in [6.07, 6.45) is 5.96. The lowest BCUT2D eigenvalue weighted by molar-refractivity contribution is 0.0919. The van der Waals surface area contributed by atoms with Crippen LogP contribution in [-0.4, -0.2) is 24.0 Å². The van der Waals surface area contributed by atoms with Crippen molar-refractivity contribution in [2.45, 2.75) is 52.0 Å². The smallest absolute Gasteiger partial charge is 0.251 e. The van der Waals surface area contributed by atoms with E-state index in [1.54, 1.807) is 0 Å². The van der Waals surface area contributed by atoms with Crippen LogP contribution < -0.4 is 10.6 Å². The molecule has 0 radical (unpaired) electrons. The molecular formula is C16H25N3O. The van der Waals surface area contributed by atoms with Crippen molar-refractivity contribution in [2.75, 3.05) is 12.4 Å². The minimum Gasteiger partial charge on any atom is -0.373 e. The molecule has 0 saturated heterocycles. The molecule has 110 valence electrons. The first kappa shape index (κ1) is 14.8. The number of anilines is 1. The average molecular weight is 275 g/mol. The van der Waals surface area contributed by atoms with Crippen LogP contribution in [0.3, 0.4) is 0 Å². The summed E-state index contributed by atoms with van der Waals surface area (Å²) in [7, 11) is 1.82. The number of carbonyl (C=O) groups is 1. The van der Waals surface area contributed by atoms with E-state index in [1.165, 1.54) is 19.3 Å². The molecule has 1 amide bonds. The first-order valence-corrected chi connectivity index (χ1v) is 7.59. The van der Waals surface area contributed by atoms with Gasteiger partial charge in [-0.05, 0) is 37.8 Å². The largest absolute Gasteiger partial charge is 0.373 e. The molecule has 4 nitrogen and oxygen atoms in total. The third-order valence-electron chi connectivity index (χ3n) is 4.17. The Kier molecular flexibility index (Phi) is 4.99. The molecule has 2 atom stereocenters. The Bertz CT molecular complexity index is 473. The van der Waals surface area contributed by atoms with Gasteiger partial charge in [-0.2, -0.15) is 0 Å². The number of aryl methyl sites for hydroxylation is 1. The molecule has 2 unspecified atom stereocenters. The van der Waals surface area contributed by atoms with Crippen LogP contribution in [0.5, 0.6) is 0 Å². The fourth-order valence-electron chi connectivity index (χ4n) is 2.99. The number of nitrogens with zero attached hydrogens (tertiary/aromatic N) is 1. The predicted octanol–water partition coefficient (Wildman–Crippen LogP) is 3.13. The topological polar surface area (TPSA) is 54.0 Å². The number of carbonyl (C=O) groups excluding carboxylic acids is 1. The van der Waals surface area contributed by atoms with Crippen molar-refractivity contribution < 1.29 is 4.79 Å². The number of hydrogen-bond acceptors (Lipinski definition) is 3. The first-order chi connectivity index (χ1) is 9.62. The maximum Gasteiger partial charge on any atom is 0.251 e. The highest BCUT2D eigenvalue weighted by atomic mass is 16.1. The molecule has 0 spiro atoms. The number of pyridine rings is 1. The minimum absolute atomic E-state index is 0.0220. The van der Waals surface area contributed by atoms with Crippen molar-refractivity contribution in [3.63, 3.8) is 0 Å². The Morgan fingerprint density at radius 2 is 2.20 bits per heavy atom. The molecule has 2 rings (SSSR count). The molecule has 1 aromatic heterocycles. The van der Waals surface area contributed by atoms with Crippen LogP contribution in [0, 0.1) is 12.8 Å². The number of amides is 1. The number of aromatic nitrogens is 1. The zero-order valence-corrected chi connectivity index (χ0v) is 12.7. The first-order valence-electron chi connectivity index (χ1n) is 7.59. The van der Waals surface area contributed by atoms with Crippen LogP contribution in [0.2, 0.25) is 0 Å². The Labute approximate surface area is 121 Å². The number of rotatable bonds is 4. The monoisotopic (exact) mass is 275 g/mol. The van der Waals surface area contributed by atoms with E-state index in [-0.39, 0.29) is 5.91 Å². The van der Waals surface area contributed by atoms with Gasteiger partial charge < -0.3 is 10.6 Å². The highest BCUT2D eigenvalue weighted by Gasteiger charge is 2.22. The van der Waals surface area contributed by atoms with Crippen LogP contribution in [0.15, 0.2) is 12.1 Å². The van der Waals surface area contributed by atoms with Gasteiger partial charge in [0.2, 0.25) is 0 Å². The van der Waals surface area contributed by atoms with Crippen LogP contribution in [0.1, 0.15) is 55.1 Å². The zero-order valence-electron chi connectivity index (χ0n) is 12.7. The van der Waals surface area contributed by atoms with Crippen molar-refractivity contribution in [1.29, 1.82) is 0 Å². The fraction of sp³-hybridized carbons (Fsp3) is 0.625. The summed E-state index contributed by atoms with van der Waals surface area (Å²) < 4.78 is 0. The lowest BCUT2D eigenvalue weighted by atomic mass is 9.84. The fourth-order valence-corrected chi connectivity index (χ4v) is 2.99. The second kappa shape index (κ2) is 6.73. The summed E-state index contributed by atoms with van der Waals surface area (Å²) in [5.74, 6) is 1.53. The second-order valence-corrected chi connectivity index (χ2v) is 5.74. The van der Waals surface area contributed by atoms with Crippen molar-refractivity contribution >= 4 is 11.7 Å². The molecule has 0 bridgehead atoms. The third-order valence-corrected chi connectivity index (χ3v) is 4.17. The van der Waals surface area contributed by atoms with E-state index in [9.17, 15) is 4.79 Å². The predicted molar refractivity (Wildman–Crippen MR) is 82.0 cm³/mol. The van der Waals surface area contributed by atoms with Crippen LogP contribution in [0.25, 0.3) is 0 Å². The Balaban J connectivity index is 2.02. The van der Waals surface area contributed by atoms with E-state index in [0.29, 0.717) is 11.6 Å². The highest BCUT2D eigenvalue weighted by molar-refractivity contribution is 5.95. The van der Waals surface area contributed by atoms with Crippen molar-refractivity contribution in [3.05, 3.63) is 23.4 Å². The van der Waals surface area contributed by atoms with Gasteiger partial charge >= 0.3 is 0 Å². The van der Waals surface area contributed by atoms with Crippen molar-refractivity contribution in [1.82, 2.24) is 10.3 Å². The quantitative estimate of drug-likeness (QED) is 0.887. The Morgan fingerprint density at radius 3 is 2.90 bits per heavy atom. The zero-order chi connectivity index (χ0) is 14.5. The lowest BCUT2D eigenvalue weighted by Gasteiger charge is -2.29. The molecule has 1 saturated carbocycles. The van der Waals surface area contributed by atoms with Gasteiger partial charge in [-0.15, -0.1) is 0 Å². The maximum atomic E-state index is 12.4. The van der Waals surface area contributed by atoms with Gasteiger partial charge in [-0.25, -0.2) is 4.98 Å². The molecular weight excluding hydrogens is 250 g/mol. The summed E-state index contributed by atoms with van der Waals surface area (Å²) in [5.41, 5.74) is 1.55. The number of nitrogens with one attached hydrogen (secondary N) is 2. The summed E-state index contributed by atoms with van der Waals surface area (Å²) in [5, 5.41) is 6.18. The average Bonchev–Trinajstić information content (AvgIpc) is 2.46. The van der Waals surface area contributed by atoms with Crippen LogP contribution in [0.4, 0.5) is 5.82 Å². The normalized spacial score (nSPS) is 22.4. The molecule has 4 heteroatoms. The maximum absolute atomic E-state index is 12.4. The van der Waals surface area contributed by atoms with Gasteiger partial charge in [0.1, 0.15) is 5.82 Å². The van der Waals surface area contributed by atoms with Gasteiger partial charge in [0.15, 0.2) is 0 Å². The molecule has 1 aliphatic rings. The molecule has 0 aliphatic heterocycles. The summed E-state index contributed by atoms with van der Waals surface area (Å²) in [6, 6.07) is 3.98. The van der Waals surface area contributed by atoms with E-state index >= 15 is 0 Å². The molecule has 1 aromatic rings. The van der Waals surface area contributed by atoms with Gasteiger partial charge in [-0.3, -0.25) is 4.79 Å². The van der Waals surface area contributed by atoms with Gasteiger partial charge in [0, 0.05) is 24.3 Å². The molecule has 1 aliphatic carbocycles. The summed E-state index contributed by atoms with van der Waals surface area (Å²) in [6.45, 7) is 4.14. The Hall–Kier alpha value is -1.58. The summed E-state index contributed by atoms with van der Waals surface area (Å²) >= 11 is 0. The molecule has 20 heavy (non-hydrogen) atoms.